The lowest BCUT2D eigenvalue weighted by molar-refractivity contribution is -0.384. The Morgan fingerprint density at radius 2 is 2.00 bits per heavy atom. The Hall–Kier alpha value is -2.02. The summed E-state index contributed by atoms with van der Waals surface area (Å²) in [4.78, 5) is 10.1. The van der Waals surface area contributed by atoms with Gasteiger partial charge in [-0.2, -0.15) is 0 Å². The van der Waals surface area contributed by atoms with Gasteiger partial charge in [-0.1, -0.05) is 22.0 Å². The van der Waals surface area contributed by atoms with Gasteiger partial charge in [0.05, 0.1) is 10.6 Å². The number of halogens is 3. The van der Waals surface area contributed by atoms with Gasteiger partial charge in [-0.15, -0.1) is 0 Å². The summed E-state index contributed by atoms with van der Waals surface area (Å²) in [5, 5.41) is 13.3. The maximum atomic E-state index is 13.4. The molecule has 0 radical (unpaired) electrons. The first kappa shape index (κ1) is 14.4. The highest BCUT2D eigenvalue weighted by Crippen LogP contribution is 2.24. The van der Waals surface area contributed by atoms with E-state index in [1.807, 2.05) is 0 Å². The number of nitrogens with one attached hydrogen (secondary N) is 1. The van der Waals surface area contributed by atoms with Crippen LogP contribution in [0.15, 0.2) is 40.9 Å². The Balaban J connectivity index is 2.15. The van der Waals surface area contributed by atoms with Gasteiger partial charge in [0.25, 0.3) is 5.69 Å². The number of rotatable bonds is 4. The largest absolute Gasteiger partial charge is 0.378 e. The third kappa shape index (κ3) is 3.11. The van der Waals surface area contributed by atoms with E-state index in [9.17, 15) is 18.9 Å². The van der Waals surface area contributed by atoms with Crippen molar-refractivity contribution >= 4 is 27.3 Å². The van der Waals surface area contributed by atoms with E-state index in [1.165, 1.54) is 24.3 Å². The summed E-state index contributed by atoms with van der Waals surface area (Å²) in [6, 6.07) is 8.10. The van der Waals surface area contributed by atoms with Crippen molar-refractivity contribution in [1.82, 2.24) is 0 Å². The molecule has 7 heteroatoms. The molecule has 4 nitrogen and oxygen atoms in total. The van der Waals surface area contributed by atoms with E-state index < -0.39 is 16.6 Å². The number of nitro benzene ring substituents is 1. The van der Waals surface area contributed by atoms with E-state index in [0.29, 0.717) is 10.0 Å². The summed E-state index contributed by atoms with van der Waals surface area (Å²) in [7, 11) is 0. The van der Waals surface area contributed by atoms with Gasteiger partial charge in [0.15, 0.2) is 11.6 Å². The van der Waals surface area contributed by atoms with Crippen LogP contribution in [0.4, 0.5) is 20.2 Å². The van der Waals surface area contributed by atoms with Crippen molar-refractivity contribution in [2.24, 2.45) is 0 Å². The average Bonchev–Trinajstić information content (AvgIpc) is 2.41. The summed E-state index contributed by atoms with van der Waals surface area (Å²) in [5.41, 5.74) is 0.687. The molecule has 20 heavy (non-hydrogen) atoms. The van der Waals surface area contributed by atoms with Crippen LogP contribution in [-0.2, 0) is 6.54 Å². The van der Waals surface area contributed by atoms with Gasteiger partial charge in [-0.3, -0.25) is 10.1 Å². The highest BCUT2D eigenvalue weighted by molar-refractivity contribution is 9.10. The predicted octanol–water partition coefficient (Wildman–Crippen LogP) is 4.25. The third-order valence-corrected chi connectivity index (χ3v) is 3.41. The van der Waals surface area contributed by atoms with Crippen LogP contribution in [0.1, 0.15) is 5.56 Å². The molecule has 0 saturated carbocycles. The average molecular weight is 343 g/mol. The predicted molar refractivity (Wildman–Crippen MR) is 74.5 cm³/mol. The van der Waals surface area contributed by atoms with Crippen LogP contribution >= 0.6 is 15.9 Å². The maximum absolute atomic E-state index is 13.4. The molecule has 0 atom stereocenters. The van der Waals surface area contributed by atoms with Crippen molar-refractivity contribution in [3.05, 3.63) is 68.2 Å². The van der Waals surface area contributed by atoms with E-state index in [0.717, 1.165) is 6.07 Å². The summed E-state index contributed by atoms with van der Waals surface area (Å²) < 4.78 is 27.0. The van der Waals surface area contributed by atoms with Crippen molar-refractivity contribution in [1.29, 1.82) is 0 Å². The second-order valence-electron chi connectivity index (χ2n) is 3.99. The Morgan fingerprint density at radius 1 is 1.25 bits per heavy atom. The normalized spacial score (nSPS) is 10.3. The smallest absolute Gasteiger partial charge is 0.270 e. The van der Waals surface area contributed by atoms with Gasteiger partial charge in [0, 0.05) is 23.2 Å². The van der Waals surface area contributed by atoms with Crippen LogP contribution in [0, 0.1) is 21.7 Å². The standard InChI is InChI=1S/C13H9BrF2N2O2/c14-10-6-9(18(19)20)5-4-8(10)7-17-12-3-1-2-11(15)13(12)16/h1-6,17H,7H2. The molecule has 0 saturated heterocycles. The number of benzene rings is 2. The van der Waals surface area contributed by atoms with Crippen LogP contribution in [0.5, 0.6) is 0 Å². The number of non-ortho nitro benzene ring substituents is 1. The van der Waals surface area contributed by atoms with Crippen molar-refractivity contribution in [2.75, 3.05) is 5.32 Å². The topological polar surface area (TPSA) is 55.2 Å². The summed E-state index contributed by atoms with van der Waals surface area (Å²) >= 11 is 3.21. The first-order valence-electron chi connectivity index (χ1n) is 5.59. The minimum Gasteiger partial charge on any atom is -0.378 e. The number of hydrogen-bond donors (Lipinski definition) is 1. The molecule has 2 aromatic rings. The SMILES string of the molecule is O=[N+]([O-])c1ccc(CNc2cccc(F)c2F)c(Br)c1. The molecule has 1 N–H and O–H groups in total. The first-order chi connectivity index (χ1) is 9.49. The highest BCUT2D eigenvalue weighted by Gasteiger charge is 2.11. The molecular formula is C13H9BrF2N2O2. The molecule has 0 aliphatic rings. The number of anilines is 1. The minimum atomic E-state index is -0.953. The molecule has 0 aliphatic heterocycles. The molecule has 0 fully saturated rings. The third-order valence-electron chi connectivity index (χ3n) is 2.67. The maximum Gasteiger partial charge on any atom is 0.270 e. The number of nitro groups is 1. The molecule has 104 valence electrons. The highest BCUT2D eigenvalue weighted by atomic mass is 79.9. The molecule has 0 unspecified atom stereocenters. The monoisotopic (exact) mass is 342 g/mol. The van der Waals surface area contributed by atoms with Gasteiger partial charge in [0.2, 0.25) is 0 Å². The van der Waals surface area contributed by atoms with E-state index in [4.69, 9.17) is 0 Å². The van der Waals surface area contributed by atoms with E-state index in [-0.39, 0.29) is 17.9 Å². The summed E-state index contributed by atoms with van der Waals surface area (Å²) in [6.45, 7) is 0.207. The van der Waals surface area contributed by atoms with Crippen LogP contribution in [0.3, 0.4) is 0 Å². The zero-order chi connectivity index (χ0) is 14.7. The molecule has 0 aromatic heterocycles. The zero-order valence-electron chi connectivity index (χ0n) is 10.1. The molecule has 0 bridgehead atoms. The lowest BCUT2D eigenvalue weighted by Gasteiger charge is -2.09. The van der Waals surface area contributed by atoms with Gasteiger partial charge in [0.1, 0.15) is 0 Å². The summed E-state index contributed by atoms with van der Waals surface area (Å²) in [5.74, 6) is -1.89. The fourth-order valence-corrected chi connectivity index (χ4v) is 2.13. The van der Waals surface area contributed by atoms with Crippen LogP contribution < -0.4 is 5.32 Å². The molecule has 0 heterocycles. The van der Waals surface area contributed by atoms with Gasteiger partial charge in [-0.05, 0) is 23.8 Å². The molecular weight excluding hydrogens is 334 g/mol. The summed E-state index contributed by atoms with van der Waals surface area (Å²) in [6.07, 6.45) is 0. The Kier molecular flexibility index (Phi) is 4.29. The van der Waals surface area contributed by atoms with Crippen LogP contribution in [-0.4, -0.2) is 4.92 Å². The fourth-order valence-electron chi connectivity index (χ4n) is 1.62. The zero-order valence-corrected chi connectivity index (χ0v) is 11.7. The van der Waals surface area contributed by atoms with Crippen LogP contribution in [0.25, 0.3) is 0 Å². The van der Waals surface area contributed by atoms with Crippen LogP contribution in [0.2, 0.25) is 0 Å². The molecule has 0 spiro atoms. The van der Waals surface area contributed by atoms with Gasteiger partial charge in [-0.25, -0.2) is 8.78 Å². The van der Waals surface area contributed by atoms with Gasteiger partial charge < -0.3 is 5.32 Å². The minimum absolute atomic E-state index is 0.0373. The molecule has 2 rings (SSSR count). The second kappa shape index (κ2) is 5.96. The van der Waals surface area contributed by atoms with E-state index in [2.05, 4.69) is 21.2 Å². The fraction of sp³-hybridized carbons (Fsp3) is 0.0769. The lowest BCUT2D eigenvalue weighted by Crippen LogP contribution is -2.03. The first-order valence-corrected chi connectivity index (χ1v) is 6.39. The van der Waals surface area contributed by atoms with Crippen molar-refractivity contribution in [3.8, 4) is 0 Å². The van der Waals surface area contributed by atoms with Crippen molar-refractivity contribution < 1.29 is 13.7 Å². The lowest BCUT2D eigenvalue weighted by atomic mass is 10.2. The molecule has 0 amide bonds. The van der Waals surface area contributed by atoms with E-state index >= 15 is 0 Å². The quantitative estimate of drug-likeness (QED) is 0.667. The van der Waals surface area contributed by atoms with Crippen molar-refractivity contribution in [3.63, 3.8) is 0 Å². The Bertz CT molecular complexity index is 665. The van der Waals surface area contributed by atoms with Gasteiger partial charge >= 0.3 is 0 Å². The van der Waals surface area contributed by atoms with Crippen molar-refractivity contribution in [2.45, 2.75) is 6.54 Å². The van der Waals surface area contributed by atoms with E-state index in [1.54, 1.807) is 6.07 Å². The Labute approximate surface area is 121 Å². The Morgan fingerprint density at radius 3 is 2.65 bits per heavy atom. The number of nitrogens with zero attached hydrogens (tertiary/aromatic N) is 1. The number of hydrogen-bond acceptors (Lipinski definition) is 3. The second-order valence-corrected chi connectivity index (χ2v) is 4.84. The molecule has 2 aromatic carbocycles. The molecule has 0 aliphatic carbocycles.